The molecule has 0 unspecified atom stereocenters. The van der Waals surface area contributed by atoms with E-state index in [4.69, 9.17) is 16.3 Å². The van der Waals surface area contributed by atoms with Crippen LogP contribution >= 0.6 is 11.6 Å². The summed E-state index contributed by atoms with van der Waals surface area (Å²) in [6.07, 6.45) is 4.29. The minimum absolute atomic E-state index is 0.115. The number of nitrogens with zero attached hydrogens (tertiary/aromatic N) is 1. The predicted molar refractivity (Wildman–Crippen MR) is 119 cm³/mol. The van der Waals surface area contributed by atoms with Crippen molar-refractivity contribution in [2.75, 3.05) is 6.61 Å². The Kier molecular flexibility index (Phi) is 7.75. The van der Waals surface area contributed by atoms with Crippen molar-refractivity contribution >= 4 is 23.4 Å². The van der Waals surface area contributed by atoms with Gasteiger partial charge < -0.3 is 15.0 Å². The third-order valence-electron chi connectivity index (χ3n) is 5.65. The topological polar surface area (TPSA) is 58.6 Å². The van der Waals surface area contributed by atoms with Crippen molar-refractivity contribution in [3.05, 3.63) is 64.7 Å². The van der Waals surface area contributed by atoms with Crippen molar-refractivity contribution in [3.63, 3.8) is 0 Å². The molecule has 1 atom stereocenters. The molecule has 5 nitrogen and oxygen atoms in total. The number of benzene rings is 2. The Balaban J connectivity index is 1.71. The van der Waals surface area contributed by atoms with Gasteiger partial charge in [-0.1, -0.05) is 48.7 Å². The van der Waals surface area contributed by atoms with Gasteiger partial charge in [0.15, 0.2) is 6.61 Å². The summed E-state index contributed by atoms with van der Waals surface area (Å²) in [7, 11) is 0. The lowest BCUT2D eigenvalue weighted by Gasteiger charge is -2.30. The number of amides is 2. The molecule has 2 amide bonds. The van der Waals surface area contributed by atoms with E-state index in [1.54, 1.807) is 36.1 Å². The van der Waals surface area contributed by atoms with Crippen LogP contribution in [0, 0.1) is 6.92 Å². The molecule has 3 rings (SSSR count). The number of carbonyl (C=O) groups is 2. The molecule has 0 bridgehead atoms. The van der Waals surface area contributed by atoms with Crippen molar-refractivity contribution in [3.8, 4) is 5.75 Å². The summed E-state index contributed by atoms with van der Waals surface area (Å²) >= 11 is 5.90. The molecule has 0 heterocycles. The molecule has 1 N–H and O–H groups in total. The normalized spacial score (nSPS) is 14.9. The van der Waals surface area contributed by atoms with E-state index >= 15 is 0 Å². The molecule has 0 radical (unpaired) electrons. The number of ether oxygens (including phenoxy) is 1. The van der Waals surface area contributed by atoms with Crippen LogP contribution in [0.5, 0.6) is 5.75 Å². The Morgan fingerprint density at radius 3 is 2.47 bits per heavy atom. The van der Waals surface area contributed by atoms with Crippen molar-refractivity contribution in [2.24, 2.45) is 0 Å². The zero-order chi connectivity index (χ0) is 21.5. The molecule has 1 aliphatic rings. The minimum Gasteiger partial charge on any atom is -0.484 e. The van der Waals surface area contributed by atoms with E-state index in [0.717, 1.165) is 36.8 Å². The smallest absolute Gasteiger partial charge is 0.261 e. The SMILES string of the molecule is Cc1ccccc1CN(C(=O)COc1ccc(Cl)cc1)[C@H](C)C(=O)NC1CCCC1. The van der Waals surface area contributed by atoms with Gasteiger partial charge in [0.25, 0.3) is 5.91 Å². The molecular formula is C24H29ClN2O3. The number of halogens is 1. The summed E-state index contributed by atoms with van der Waals surface area (Å²) in [4.78, 5) is 27.5. The second-order valence-electron chi connectivity index (χ2n) is 7.86. The quantitative estimate of drug-likeness (QED) is 0.673. The van der Waals surface area contributed by atoms with Crippen LogP contribution in [0.3, 0.4) is 0 Å². The summed E-state index contributed by atoms with van der Waals surface area (Å²) in [6.45, 7) is 4.00. The van der Waals surface area contributed by atoms with E-state index in [-0.39, 0.29) is 24.5 Å². The monoisotopic (exact) mass is 428 g/mol. The predicted octanol–water partition coefficient (Wildman–Crippen LogP) is 4.50. The Labute approximate surface area is 183 Å². The van der Waals surface area contributed by atoms with E-state index in [0.29, 0.717) is 17.3 Å². The highest BCUT2D eigenvalue weighted by atomic mass is 35.5. The fraction of sp³-hybridized carbons (Fsp3) is 0.417. The van der Waals surface area contributed by atoms with Crippen LogP contribution in [0.2, 0.25) is 5.02 Å². The molecule has 6 heteroatoms. The van der Waals surface area contributed by atoms with Crippen molar-refractivity contribution < 1.29 is 14.3 Å². The number of aryl methyl sites for hydroxylation is 1. The number of nitrogens with one attached hydrogen (secondary N) is 1. The molecule has 0 saturated heterocycles. The lowest BCUT2D eigenvalue weighted by atomic mass is 10.1. The van der Waals surface area contributed by atoms with Gasteiger partial charge in [-0.25, -0.2) is 0 Å². The standard InChI is InChI=1S/C24H29ClN2O3/c1-17-7-3-4-8-19(17)15-27(18(2)24(29)26-21-9-5-6-10-21)23(28)16-30-22-13-11-20(25)12-14-22/h3-4,7-8,11-14,18,21H,5-6,9-10,15-16H2,1-2H3,(H,26,29)/t18-/m1/s1. The number of rotatable bonds is 8. The highest BCUT2D eigenvalue weighted by Gasteiger charge is 2.29. The molecule has 0 aliphatic heterocycles. The highest BCUT2D eigenvalue weighted by molar-refractivity contribution is 6.30. The Hall–Kier alpha value is -2.53. The van der Waals surface area contributed by atoms with E-state index in [2.05, 4.69) is 5.32 Å². The van der Waals surface area contributed by atoms with E-state index in [1.165, 1.54) is 0 Å². The van der Waals surface area contributed by atoms with E-state index in [9.17, 15) is 9.59 Å². The fourth-order valence-electron chi connectivity index (χ4n) is 3.70. The first-order valence-electron chi connectivity index (χ1n) is 10.5. The highest BCUT2D eigenvalue weighted by Crippen LogP contribution is 2.20. The van der Waals surface area contributed by atoms with Gasteiger partial charge in [0, 0.05) is 17.6 Å². The molecule has 30 heavy (non-hydrogen) atoms. The summed E-state index contributed by atoms with van der Waals surface area (Å²) in [5.41, 5.74) is 2.09. The minimum atomic E-state index is -0.591. The van der Waals surface area contributed by atoms with Gasteiger partial charge in [-0.3, -0.25) is 9.59 Å². The zero-order valence-corrected chi connectivity index (χ0v) is 18.3. The van der Waals surface area contributed by atoms with Crippen LogP contribution in [0.1, 0.15) is 43.7 Å². The first kappa shape index (κ1) is 22.2. The lowest BCUT2D eigenvalue weighted by Crippen LogP contribution is -2.50. The Morgan fingerprint density at radius 2 is 1.80 bits per heavy atom. The van der Waals surface area contributed by atoms with Crippen LogP contribution in [-0.2, 0) is 16.1 Å². The fourth-order valence-corrected chi connectivity index (χ4v) is 3.83. The van der Waals surface area contributed by atoms with Gasteiger partial charge >= 0.3 is 0 Å². The molecular weight excluding hydrogens is 400 g/mol. The van der Waals surface area contributed by atoms with E-state index < -0.39 is 6.04 Å². The number of hydrogen-bond acceptors (Lipinski definition) is 3. The second kappa shape index (κ2) is 10.5. The largest absolute Gasteiger partial charge is 0.484 e. The third kappa shape index (κ3) is 5.99. The summed E-state index contributed by atoms with van der Waals surface area (Å²) < 4.78 is 5.65. The van der Waals surface area contributed by atoms with Gasteiger partial charge in [-0.05, 0) is 62.1 Å². The maximum atomic E-state index is 13.1. The van der Waals surface area contributed by atoms with Crippen LogP contribution in [0.4, 0.5) is 0 Å². The molecule has 1 aliphatic carbocycles. The molecule has 0 spiro atoms. The molecule has 0 aromatic heterocycles. The van der Waals surface area contributed by atoms with Gasteiger partial charge in [0.2, 0.25) is 5.91 Å². The average molecular weight is 429 g/mol. The van der Waals surface area contributed by atoms with Gasteiger partial charge in [-0.2, -0.15) is 0 Å². The first-order chi connectivity index (χ1) is 14.4. The first-order valence-corrected chi connectivity index (χ1v) is 10.8. The second-order valence-corrected chi connectivity index (χ2v) is 8.29. The summed E-state index contributed by atoms with van der Waals surface area (Å²) in [5, 5.41) is 3.71. The van der Waals surface area contributed by atoms with Crippen LogP contribution in [0.15, 0.2) is 48.5 Å². The molecule has 1 fully saturated rings. The number of hydrogen-bond donors (Lipinski definition) is 1. The maximum Gasteiger partial charge on any atom is 0.261 e. The van der Waals surface area contributed by atoms with Crippen molar-refractivity contribution in [1.29, 1.82) is 0 Å². The van der Waals surface area contributed by atoms with Crippen LogP contribution in [-0.4, -0.2) is 35.4 Å². The van der Waals surface area contributed by atoms with E-state index in [1.807, 2.05) is 31.2 Å². The average Bonchev–Trinajstić information content (AvgIpc) is 3.25. The number of carbonyl (C=O) groups excluding carboxylic acids is 2. The summed E-state index contributed by atoms with van der Waals surface area (Å²) in [6, 6.07) is 14.4. The van der Waals surface area contributed by atoms with Gasteiger partial charge in [0.1, 0.15) is 11.8 Å². The summed E-state index contributed by atoms with van der Waals surface area (Å²) in [5.74, 6) is 0.212. The molecule has 1 saturated carbocycles. The Morgan fingerprint density at radius 1 is 1.13 bits per heavy atom. The van der Waals surface area contributed by atoms with Gasteiger partial charge in [0.05, 0.1) is 0 Å². The van der Waals surface area contributed by atoms with Crippen LogP contribution in [0.25, 0.3) is 0 Å². The molecule has 160 valence electrons. The van der Waals surface area contributed by atoms with Crippen LogP contribution < -0.4 is 10.1 Å². The molecule has 2 aromatic rings. The zero-order valence-electron chi connectivity index (χ0n) is 17.6. The third-order valence-corrected chi connectivity index (χ3v) is 5.90. The van der Waals surface area contributed by atoms with Crippen molar-refractivity contribution in [2.45, 2.75) is 58.2 Å². The maximum absolute atomic E-state index is 13.1. The Bertz CT molecular complexity index is 863. The molecule has 2 aromatic carbocycles. The lowest BCUT2D eigenvalue weighted by molar-refractivity contribution is -0.142. The van der Waals surface area contributed by atoms with Crippen molar-refractivity contribution in [1.82, 2.24) is 10.2 Å². The van der Waals surface area contributed by atoms with Gasteiger partial charge in [-0.15, -0.1) is 0 Å².